The zero-order valence-electron chi connectivity index (χ0n) is 9.09. The van der Waals surface area contributed by atoms with E-state index in [4.69, 9.17) is 5.11 Å². The van der Waals surface area contributed by atoms with Gasteiger partial charge >= 0.3 is 0 Å². The van der Waals surface area contributed by atoms with Crippen molar-refractivity contribution in [3.8, 4) is 0 Å². The fraction of sp³-hybridized carbons (Fsp3) is 0.455. The Bertz CT molecular complexity index is 389. The van der Waals surface area contributed by atoms with E-state index in [-0.39, 0.29) is 12.4 Å². The third-order valence-electron chi connectivity index (χ3n) is 2.17. The van der Waals surface area contributed by atoms with Gasteiger partial charge in [-0.1, -0.05) is 30.3 Å². The van der Waals surface area contributed by atoms with Gasteiger partial charge in [-0.05, 0) is 18.4 Å². The molecule has 1 aromatic carbocycles. The fourth-order valence-corrected chi connectivity index (χ4v) is 2.20. The van der Waals surface area contributed by atoms with Gasteiger partial charge in [0.1, 0.15) is 0 Å². The van der Waals surface area contributed by atoms with Gasteiger partial charge in [-0.15, -0.1) is 0 Å². The van der Waals surface area contributed by atoms with Gasteiger partial charge in [0.25, 0.3) is 0 Å². The highest BCUT2D eigenvalue weighted by Crippen LogP contribution is 2.01. The van der Waals surface area contributed by atoms with Gasteiger partial charge < -0.3 is 5.11 Å². The number of aryl methyl sites for hydroxylation is 1. The van der Waals surface area contributed by atoms with Crippen molar-refractivity contribution in [1.82, 2.24) is 4.72 Å². The SMILES string of the molecule is O=S(=O)(CCO)NCCCc1ccccc1. The predicted molar refractivity (Wildman–Crippen MR) is 63.6 cm³/mol. The van der Waals surface area contributed by atoms with Crippen LogP contribution in [-0.2, 0) is 16.4 Å². The second-order valence-corrected chi connectivity index (χ2v) is 5.45. The quantitative estimate of drug-likeness (QED) is 0.687. The molecule has 0 amide bonds. The van der Waals surface area contributed by atoms with Gasteiger partial charge in [-0.25, -0.2) is 13.1 Å². The van der Waals surface area contributed by atoms with Gasteiger partial charge in [0.2, 0.25) is 10.0 Å². The molecule has 1 rings (SSSR count). The monoisotopic (exact) mass is 243 g/mol. The van der Waals surface area contributed by atoms with Crippen molar-refractivity contribution in [1.29, 1.82) is 0 Å². The Balaban J connectivity index is 2.22. The molecule has 0 aromatic heterocycles. The Kier molecular flexibility index (Phi) is 5.45. The Morgan fingerprint density at radius 1 is 1.19 bits per heavy atom. The number of aliphatic hydroxyl groups is 1. The van der Waals surface area contributed by atoms with E-state index in [0.29, 0.717) is 6.54 Å². The predicted octanol–water partition coefficient (Wildman–Crippen LogP) is 0.531. The van der Waals surface area contributed by atoms with Crippen LogP contribution < -0.4 is 4.72 Å². The minimum atomic E-state index is -3.29. The molecule has 0 saturated carbocycles. The Labute approximate surface area is 96.4 Å². The molecule has 0 atom stereocenters. The van der Waals surface area contributed by atoms with E-state index in [1.807, 2.05) is 30.3 Å². The van der Waals surface area contributed by atoms with Gasteiger partial charge in [-0.3, -0.25) is 0 Å². The molecular formula is C11H17NO3S. The summed E-state index contributed by atoms with van der Waals surface area (Å²) in [6, 6.07) is 9.91. The third kappa shape index (κ3) is 5.25. The molecular weight excluding hydrogens is 226 g/mol. The summed E-state index contributed by atoms with van der Waals surface area (Å²) in [4.78, 5) is 0. The van der Waals surface area contributed by atoms with Crippen molar-refractivity contribution in [2.45, 2.75) is 12.8 Å². The van der Waals surface area contributed by atoms with E-state index in [2.05, 4.69) is 4.72 Å². The molecule has 0 saturated heterocycles. The summed E-state index contributed by atoms with van der Waals surface area (Å²) >= 11 is 0. The van der Waals surface area contributed by atoms with E-state index in [9.17, 15) is 8.42 Å². The molecule has 2 N–H and O–H groups in total. The van der Waals surface area contributed by atoms with Crippen LogP contribution in [-0.4, -0.2) is 32.4 Å². The number of benzene rings is 1. The van der Waals surface area contributed by atoms with Crippen molar-refractivity contribution in [2.75, 3.05) is 18.9 Å². The first-order valence-corrected chi connectivity index (χ1v) is 6.91. The first-order valence-electron chi connectivity index (χ1n) is 5.26. The molecule has 0 aliphatic heterocycles. The Hall–Kier alpha value is -0.910. The minimum Gasteiger partial charge on any atom is -0.395 e. The molecule has 0 spiro atoms. The topological polar surface area (TPSA) is 66.4 Å². The van der Waals surface area contributed by atoms with Crippen LogP contribution in [0.25, 0.3) is 0 Å². The van der Waals surface area contributed by atoms with E-state index >= 15 is 0 Å². The molecule has 16 heavy (non-hydrogen) atoms. The molecule has 0 heterocycles. The maximum atomic E-state index is 11.2. The molecule has 0 bridgehead atoms. The van der Waals surface area contributed by atoms with Crippen molar-refractivity contribution >= 4 is 10.0 Å². The van der Waals surface area contributed by atoms with Crippen LogP contribution in [0.1, 0.15) is 12.0 Å². The summed E-state index contributed by atoms with van der Waals surface area (Å²) in [5.41, 5.74) is 1.20. The first-order chi connectivity index (χ1) is 7.64. The van der Waals surface area contributed by atoms with Crippen molar-refractivity contribution in [3.63, 3.8) is 0 Å². The number of aliphatic hydroxyl groups excluding tert-OH is 1. The highest BCUT2D eigenvalue weighted by atomic mass is 32.2. The lowest BCUT2D eigenvalue weighted by molar-refractivity contribution is 0.319. The molecule has 5 heteroatoms. The smallest absolute Gasteiger partial charge is 0.213 e. The maximum Gasteiger partial charge on any atom is 0.213 e. The van der Waals surface area contributed by atoms with Gasteiger partial charge in [0.15, 0.2) is 0 Å². The molecule has 0 fully saturated rings. The molecule has 1 aromatic rings. The highest BCUT2D eigenvalue weighted by Gasteiger charge is 2.07. The van der Waals surface area contributed by atoms with Gasteiger partial charge in [-0.2, -0.15) is 0 Å². The average molecular weight is 243 g/mol. The van der Waals surface area contributed by atoms with Crippen LogP contribution in [0.3, 0.4) is 0 Å². The highest BCUT2D eigenvalue weighted by molar-refractivity contribution is 7.89. The zero-order chi connectivity index (χ0) is 11.9. The summed E-state index contributed by atoms with van der Waals surface area (Å²) in [5, 5.41) is 8.52. The minimum absolute atomic E-state index is 0.224. The maximum absolute atomic E-state index is 11.2. The van der Waals surface area contributed by atoms with Crippen LogP contribution in [0.15, 0.2) is 30.3 Å². The summed E-state index contributed by atoms with van der Waals surface area (Å²) in [6.07, 6.45) is 1.61. The zero-order valence-corrected chi connectivity index (χ0v) is 9.91. The lowest BCUT2D eigenvalue weighted by Gasteiger charge is -2.05. The van der Waals surface area contributed by atoms with Gasteiger partial charge in [0, 0.05) is 6.54 Å². The Morgan fingerprint density at radius 2 is 1.88 bits per heavy atom. The van der Waals surface area contributed by atoms with E-state index in [1.165, 1.54) is 5.56 Å². The van der Waals surface area contributed by atoms with Crippen LogP contribution in [0.5, 0.6) is 0 Å². The van der Waals surface area contributed by atoms with Crippen LogP contribution in [0.4, 0.5) is 0 Å². The average Bonchev–Trinajstić information content (AvgIpc) is 2.26. The number of rotatable bonds is 7. The van der Waals surface area contributed by atoms with Crippen molar-refractivity contribution in [3.05, 3.63) is 35.9 Å². The molecule has 90 valence electrons. The summed E-state index contributed by atoms with van der Waals surface area (Å²) in [5.74, 6) is -0.224. The van der Waals surface area contributed by atoms with Crippen LogP contribution in [0, 0.1) is 0 Å². The standard InChI is InChI=1S/C11H17NO3S/c13-9-10-16(14,15)12-8-4-7-11-5-2-1-3-6-11/h1-3,5-6,12-13H,4,7-10H2. The normalized spacial score (nSPS) is 11.6. The number of hydrogen-bond acceptors (Lipinski definition) is 3. The third-order valence-corrected chi connectivity index (χ3v) is 3.53. The van der Waals surface area contributed by atoms with Crippen LogP contribution in [0.2, 0.25) is 0 Å². The number of hydrogen-bond donors (Lipinski definition) is 2. The molecule has 0 radical (unpaired) electrons. The van der Waals surface area contributed by atoms with E-state index < -0.39 is 10.0 Å². The molecule has 0 aliphatic rings. The largest absolute Gasteiger partial charge is 0.395 e. The van der Waals surface area contributed by atoms with E-state index in [0.717, 1.165) is 12.8 Å². The first kappa shape index (κ1) is 13.2. The van der Waals surface area contributed by atoms with E-state index in [1.54, 1.807) is 0 Å². The summed E-state index contributed by atoms with van der Waals surface area (Å²) < 4.78 is 24.8. The second kappa shape index (κ2) is 6.62. The summed E-state index contributed by atoms with van der Waals surface area (Å²) in [6.45, 7) is 0.0746. The lowest BCUT2D eigenvalue weighted by atomic mass is 10.1. The molecule has 4 nitrogen and oxygen atoms in total. The fourth-order valence-electron chi connectivity index (χ4n) is 1.36. The summed E-state index contributed by atoms with van der Waals surface area (Å²) in [7, 11) is -3.29. The number of nitrogens with one attached hydrogen (secondary N) is 1. The van der Waals surface area contributed by atoms with Crippen molar-refractivity contribution in [2.24, 2.45) is 0 Å². The van der Waals surface area contributed by atoms with Crippen molar-refractivity contribution < 1.29 is 13.5 Å². The Morgan fingerprint density at radius 3 is 2.50 bits per heavy atom. The van der Waals surface area contributed by atoms with Crippen LogP contribution >= 0.6 is 0 Å². The second-order valence-electron chi connectivity index (χ2n) is 3.53. The van der Waals surface area contributed by atoms with Gasteiger partial charge in [0.05, 0.1) is 12.4 Å². The lowest BCUT2D eigenvalue weighted by Crippen LogP contribution is -2.28. The molecule has 0 unspecified atom stereocenters. The molecule has 0 aliphatic carbocycles. The number of sulfonamides is 1.